The van der Waals surface area contributed by atoms with E-state index in [0.717, 1.165) is 12.1 Å². The normalized spacial score (nSPS) is 10.2. The van der Waals surface area contributed by atoms with Crippen LogP contribution in [-0.4, -0.2) is 15.7 Å². The number of hydrogen-bond donors (Lipinski definition) is 2. The Kier molecular flexibility index (Phi) is 4.25. The van der Waals surface area contributed by atoms with E-state index in [1.54, 1.807) is 0 Å². The van der Waals surface area contributed by atoms with Crippen LogP contribution in [-0.2, 0) is 0 Å². The van der Waals surface area contributed by atoms with Gasteiger partial charge in [0.2, 0.25) is 0 Å². The minimum absolute atomic E-state index is 0.00449. The van der Waals surface area contributed by atoms with Crippen LogP contribution in [0.15, 0.2) is 30.5 Å². The fraction of sp³-hybridized carbons (Fsp3) is 0. The lowest BCUT2D eigenvalue weighted by Gasteiger charge is -2.09. The number of nitro groups is 1. The Bertz CT molecular complexity index is 696. The smallest absolute Gasteiger partial charge is 0.272 e. The molecule has 2 rings (SSSR count). The van der Waals surface area contributed by atoms with Gasteiger partial charge in [0.15, 0.2) is 5.75 Å². The molecule has 0 saturated heterocycles. The first-order valence-corrected chi connectivity index (χ1v) is 6.26. The van der Waals surface area contributed by atoms with Gasteiger partial charge in [0.1, 0.15) is 17.3 Å². The number of benzene rings is 1. The fourth-order valence-corrected chi connectivity index (χ4v) is 2.02. The van der Waals surface area contributed by atoms with Crippen LogP contribution in [0.25, 0.3) is 0 Å². The van der Waals surface area contributed by atoms with Gasteiger partial charge in [0.05, 0.1) is 21.2 Å². The number of non-ortho nitro benzene ring substituents is 1. The van der Waals surface area contributed by atoms with Crippen LogP contribution >= 0.6 is 23.2 Å². The minimum Gasteiger partial charge on any atom is -0.453 e. The summed E-state index contributed by atoms with van der Waals surface area (Å²) in [5.41, 5.74) is 5.34. The average molecular weight is 327 g/mol. The Morgan fingerprint density at radius 1 is 1.33 bits per heavy atom. The molecule has 108 valence electrons. The van der Waals surface area contributed by atoms with Crippen molar-refractivity contribution in [3.05, 3.63) is 56.3 Å². The first-order valence-electron chi connectivity index (χ1n) is 5.50. The number of aromatic nitrogens is 1. The average Bonchev–Trinajstić information content (AvgIpc) is 2.43. The van der Waals surface area contributed by atoms with Crippen molar-refractivity contribution >= 4 is 34.7 Å². The Balaban J connectivity index is 2.31. The molecule has 0 spiro atoms. The second kappa shape index (κ2) is 5.94. The van der Waals surface area contributed by atoms with Gasteiger partial charge in [0.25, 0.3) is 5.69 Å². The maximum atomic E-state index is 10.7. The third kappa shape index (κ3) is 3.39. The van der Waals surface area contributed by atoms with Crippen LogP contribution in [0.5, 0.6) is 11.5 Å². The molecule has 0 amide bonds. The lowest BCUT2D eigenvalue weighted by molar-refractivity contribution is -0.384. The number of halogens is 2. The molecule has 0 atom stereocenters. The van der Waals surface area contributed by atoms with Crippen molar-refractivity contribution < 1.29 is 9.66 Å². The molecule has 1 aromatic carbocycles. The number of pyridine rings is 1. The monoisotopic (exact) mass is 326 g/mol. The summed E-state index contributed by atoms with van der Waals surface area (Å²) in [7, 11) is 0. The van der Waals surface area contributed by atoms with Crippen LogP contribution in [0.1, 0.15) is 5.69 Å². The molecule has 0 aliphatic carbocycles. The van der Waals surface area contributed by atoms with E-state index in [2.05, 4.69) is 4.98 Å². The third-order valence-electron chi connectivity index (χ3n) is 2.43. The van der Waals surface area contributed by atoms with Crippen molar-refractivity contribution in [3.8, 4) is 11.5 Å². The number of amidine groups is 1. The van der Waals surface area contributed by atoms with Gasteiger partial charge < -0.3 is 10.5 Å². The number of rotatable bonds is 4. The van der Waals surface area contributed by atoms with Gasteiger partial charge in [-0.2, -0.15) is 0 Å². The SMILES string of the molecule is N=C(N)c1ccc(Oc2c(Cl)cc([N+](=O)[O-])cc2Cl)cn1. The number of nitro benzene ring substituents is 1. The van der Waals surface area contributed by atoms with Crippen LogP contribution < -0.4 is 10.5 Å². The summed E-state index contributed by atoms with van der Waals surface area (Å²) < 4.78 is 5.45. The molecule has 0 fully saturated rings. The molecular weight excluding hydrogens is 319 g/mol. The van der Waals surface area contributed by atoms with Crippen LogP contribution in [0, 0.1) is 15.5 Å². The van der Waals surface area contributed by atoms with Gasteiger partial charge in [-0.05, 0) is 12.1 Å². The first-order chi connectivity index (χ1) is 9.88. The highest BCUT2D eigenvalue weighted by atomic mass is 35.5. The van der Waals surface area contributed by atoms with Crippen molar-refractivity contribution in [2.45, 2.75) is 0 Å². The first kappa shape index (κ1) is 15.0. The van der Waals surface area contributed by atoms with Crippen molar-refractivity contribution in [2.75, 3.05) is 0 Å². The summed E-state index contributed by atoms with van der Waals surface area (Å²) in [6.07, 6.45) is 1.34. The molecule has 0 aliphatic rings. The van der Waals surface area contributed by atoms with Gasteiger partial charge in [0, 0.05) is 12.1 Å². The third-order valence-corrected chi connectivity index (χ3v) is 2.99. The molecule has 0 unspecified atom stereocenters. The number of hydrogen-bond acceptors (Lipinski definition) is 5. The van der Waals surface area contributed by atoms with E-state index in [1.807, 2.05) is 0 Å². The van der Waals surface area contributed by atoms with E-state index in [1.165, 1.54) is 18.3 Å². The van der Waals surface area contributed by atoms with Crippen molar-refractivity contribution in [1.29, 1.82) is 5.41 Å². The van der Waals surface area contributed by atoms with Crippen LogP contribution in [0.2, 0.25) is 10.0 Å². The maximum absolute atomic E-state index is 10.7. The molecule has 21 heavy (non-hydrogen) atoms. The molecule has 0 bridgehead atoms. The second-order valence-electron chi connectivity index (χ2n) is 3.89. The number of nitrogens with two attached hydrogens (primary N) is 1. The molecular formula is C12H8Cl2N4O3. The zero-order valence-electron chi connectivity index (χ0n) is 10.3. The highest BCUT2D eigenvalue weighted by molar-refractivity contribution is 6.37. The largest absolute Gasteiger partial charge is 0.453 e. The molecule has 1 heterocycles. The van der Waals surface area contributed by atoms with Gasteiger partial charge in [-0.3, -0.25) is 15.5 Å². The highest BCUT2D eigenvalue weighted by Crippen LogP contribution is 2.39. The highest BCUT2D eigenvalue weighted by Gasteiger charge is 2.16. The van der Waals surface area contributed by atoms with Gasteiger partial charge >= 0.3 is 0 Å². The minimum atomic E-state index is -0.606. The Hall–Kier alpha value is -2.38. The number of nitrogens with one attached hydrogen (secondary N) is 1. The van der Waals surface area contributed by atoms with Crippen molar-refractivity contribution in [2.24, 2.45) is 5.73 Å². The molecule has 0 aliphatic heterocycles. The van der Waals surface area contributed by atoms with E-state index in [9.17, 15) is 10.1 Å². The van der Waals surface area contributed by atoms with E-state index < -0.39 is 4.92 Å². The summed E-state index contributed by atoms with van der Waals surface area (Å²) >= 11 is 11.8. The molecule has 2 aromatic rings. The standard InChI is InChI=1S/C12H8Cl2N4O3/c13-8-3-6(18(19)20)4-9(14)11(8)21-7-1-2-10(12(15)16)17-5-7/h1-5H,(H3,15,16). The van der Waals surface area contributed by atoms with Crippen molar-refractivity contribution in [1.82, 2.24) is 4.98 Å². The predicted molar refractivity (Wildman–Crippen MR) is 78.4 cm³/mol. The van der Waals surface area contributed by atoms with Crippen LogP contribution in [0.3, 0.4) is 0 Å². The van der Waals surface area contributed by atoms with Gasteiger partial charge in [-0.25, -0.2) is 4.98 Å². The number of ether oxygens (including phenoxy) is 1. The topological polar surface area (TPSA) is 115 Å². The lowest BCUT2D eigenvalue weighted by atomic mass is 10.3. The Morgan fingerprint density at radius 2 is 1.95 bits per heavy atom. The van der Waals surface area contributed by atoms with Gasteiger partial charge in [-0.1, -0.05) is 23.2 Å². The Morgan fingerprint density at radius 3 is 2.38 bits per heavy atom. The lowest BCUT2D eigenvalue weighted by Crippen LogP contribution is -2.12. The van der Waals surface area contributed by atoms with Gasteiger partial charge in [-0.15, -0.1) is 0 Å². The van der Waals surface area contributed by atoms with Crippen LogP contribution in [0.4, 0.5) is 5.69 Å². The molecule has 7 nitrogen and oxygen atoms in total. The van der Waals surface area contributed by atoms with E-state index >= 15 is 0 Å². The zero-order valence-corrected chi connectivity index (χ0v) is 11.9. The predicted octanol–water partition coefficient (Wildman–Crippen LogP) is 3.37. The quantitative estimate of drug-likeness (QED) is 0.386. The van der Waals surface area contributed by atoms with E-state index in [0.29, 0.717) is 11.4 Å². The van der Waals surface area contributed by atoms with Crippen molar-refractivity contribution in [3.63, 3.8) is 0 Å². The molecule has 0 saturated carbocycles. The summed E-state index contributed by atoms with van der Waals surface area (Å²) in [6.45, 7) is 0. The zero-order chi connectivity index (χ0) is 15.6. The molecule has 9 heteroatoms. The summed E-state index contributed by atoms with van der Waals surface area (Å²) in [5, 5.41) is 17.9. The number of nitrogens with zero attached hydrogens (tertiary/aromatic N) is 2. The summed E-state index contributed by atoms with van der Waals surface area (Å²) in [4.78, 5) is 14.0. The molecule has 0 radical (unpaired) electrons. The number of nitrogen functional groups attached to an aromatic ring is 1. The fourth-order valence-electron chi connectivity index (χ4n) is 1.47. The maximum Gasteiger partial charge on any atom is 0.272 e. The van der Waals surface area contributed by atoms with E-state index in [-0.39, 0.29) is 27.3 Å². The second-order valence-corrected chi connectivity index (χ2v) is 4.70. The molecule has 1 aromatic heterocycles. The molecule has 3 N–H and O–H groups in total. The summed E-state index contributed by atoms with van der Waals surface area (Å²) in [6, 6.07) is 5.29. The summed E-state index contributed by atoms with van der Waals surface area (Å²) in [5.74, 6) is 0.215. The van der Waals surface area contributed by atoms with E-state index in [4.69, 9.17) is 39.1 Å². The Labute approximate surface area is 128 Å².